The second kappa shape index (κ2) is 7.84. The third-order valence-electron chi connectivity index (χ3n) is 2.90. The van der Waals surface area contributed by atoms with Gasteiger partial charge in [0.25, 0.3) is 0 Å². The van der Waals surface area contributed by atoms with Gasteiger partial charge in [0.1, 0.15) is 11.6 Å². The Bertz CT molecular complexity index is 424. The van der Waals surface area contributed by atoms with Crippen molar-refractivity contribution in [3.63, 3.8) is 0 Å². The van der Waals surface area contributed by atoms with E-state index in [-0.39, 0.29) is 24.3 Å². The Labute approximate surface area is 111 Å². The average molecular weight is 271 g/mol. The van der Waals surface area contributed by atoms with Gasteiger partial charge in [0, 0.05) is 13.0 Å². The number of hydrogen-bond donors (Lipinski definition) is 2. The van der Waals surface area contributed by atoms with E-state index < -0.39 is 17.7 Å². The first-order valence-corrected chi connectivity index (χ1v) is 6.41. The molecule has 0 heterocycles. The van der Waals surface area contributed by atoms with Gasteiger partial charge in [-0.3, -0.25) is 4.79 Å². The summed E-state index contributed by atoms with van der Waals surface area (Å²) in [6, 6.07) is 3.20. The third-order valence-corrected chi connectivity index (χ3v) is 2.90. The van der Waals surface area contributed by atoms with Crippen LogP contribution in [0.4, 0.5) is 8.78 Å². The number of aryl methyl sites for hydroxylation is 1. The van der Waals surface area contributed by atoms with Crippen molar-refractivity contribution >= 4 is 5.91 Å². The lowest BCUT2D eigenvalue weighted by Crippen LogP contribution is -2.27. The Morgan fingerprint density at radius 3 is 2.84 bits per heavy atom. The second-order valence-corrected chi connectivity index (χ2v) is 4.44. The zero-order chi connectivity index (χ0) is 14.3. The maximum Gasteiger partial charge on any atom is 0.220 e. The molecule has 0 aliphatic carbocycles. The van der Waals surface area contributed by atoms with Crippen LogP contribution in [0.1, 0.15) is 31.7 Å². The highest BCUT2D eigenvalue weighted by atomic mass is 19.1. The molecule has 5 heteroatoms. The minimum atomic E-state index is -0.511. The Morgan fingerprint density at radius 1 is 1.42 bits per heavy atom. The van der Waals surface area contributed by atoms with E-state index in [1.165, 1.54) is 0 Å². The molecule has 106 valence electrons. The average Bonchev–Trinajstić information content (AvgIpc) is 2.39. The van der Waals surface area contributed by atoms with Crippen LogP contribution in [0, 0.1) is 11.6 Å². The molecule has 0 aromatic heterocycles. The standard InChI is InChI=1S/C14H19F2NO2/c1-2-12(18)7-8-17-14(19)6-3-10-9-11(15)4-5-13(10)16/h4-5,9,12,18H,2-3,6-8H2,1H3,(H,17,19). The molecule has 1 rings (SSSR count). The van der Waals surface area contributed by atoms with Crippen molar-refractivity contribution in [2.75, 3.05) is 6.54 Å². The molecule has 19 heavy (non-hydrogen) atoms. The van der Waals surface area contributed by atoms with Gasteiger partial charge in [-0.2, -0.15) is 0 Å². The van der Waals surface area contributed by atoms with Crippen LogP contribution in [-0.4, -0.2) is 23.7 Å². The van der Waals surface area contributed by atoms with E-state index in [2.05, 4.69) is 5.32 Å². The Hall–Kier alpha value is -1.49. The molecule has 0 spiro atoms. The van der Waals surface area contributed by atoms with Crippen LogP contribution < -0.4 is 5.32 Å². The number of hydrogen-bond acceptors (Lipinski definition) is 2. The van der Waals surface area contributed by atoms with Gasteiger partial charge in [-0.1, -0.05) is 6.92 Å². The fourth-order valence-electron chi connectivity index (χ4n) is 1.65. The summed E-state index contributed by atoms with van der Waals surface area (Å²) < 4.78 is 26.2. The van der Waals surface area contributed by atoms with E-state index >= 15 is 0 Å². The highest BCUT2D eigenvalue weighted by Gasteiger charge is 2.08. The lowest BCUT2D eigenvalue weighted by molar-refractivity contribution is -0.121. The lowest BCUT2D eigenvalue weighted by atomic mass is 10.1. The first kappa shape index (κ1) is 15.6. The quantitative estimate of drug-likeness (QED) is 0.798. The normalized spacial score (nSPS) is 12.2. The molecule has 0 radical (unpaired) electrons. The summed E-state index contributed by atoms with van der Waals surface area (Å²) in [6.07, 6.45) is 0.982. The Kier molecular flexibility index (Phi) is 6.42. The summed E-state index contributed by atoms with van der Waals surface area (Å²) in [5.74, 6) is -1.24. The molecule has 1 unspecified atom stereocenters. The molecule has 1 atom stereocenters. The largest absolute Gasteiger partial charge is 0.393 e. The van der Waals surface area contributed by atoms with E-state index in [9.17, 15) is 18.7 Å². The van der Waals surface area contributed by atoms with Gasteiger partial charge >= 0.3 is 0 Å². The van der Waals surface area contributed by atoms with Gasteiger partial charge in [-0.25, -0.2) is 8.78 Å². The highest BCUT2D eigenvalue weighted by molar-refractivity contribution is 5.76. The summed E-state index contributed by atoms with van der Waals surface area (Å²) in [5.41, 5.74) is 0.198. The van der Waals surface area contributed by atoms with Crippen molar-refractivity contribution in [3.05, 3.63) is 35.4 Å². The van der Waals surface area contributed by atoms with Gasteiger partial charge in [-0.05, 0) is 43.0 Å². The Morgan fingerprint density at radius 2 is 2.16 bits per heavy atom. The monoisotopic (exact) mass is 271 g/mol. The molecule has 0 saturated carbocycles. The fourth-order valence-corrected chi connectivity index (χ4v) is 1.65. The van der Waals surface area contributed by atoms with E-state index in [0.29, 0.717) is 19.4 Å². The summed E-state index contributed by atoms with van der Waals surface area (Å²) in [5, 5.41) is 11.9. The predicted octanol–water partition coefficient (Wildman–Crippen LogP) is 2.17. The number of aliphatic hydroxyl groups is 1. The van der Waals surface area contributed by atoms with Crippen LogP contribution in [0.15, 0.2) is 18.2 Å². The number of aliphatic hydroxyl groups excluding tert-OH is 1. The van der Waals surface area contributed by atoms with Crippen molar-refractivity contribution in [2.24, 2.45) is 0 Å². The van der Waals surface area contributed by atoms with Gasteiger partial charge in [0.2, 0.25) is 5.91 Å². The topological polar surface area (TPSA) is 49.3 Å². The molecule has 1 amide bonds. The van der Waals surface area contributed by atoms with Gasteiger partial charge in [0.05, 0.1) is 6.10 Å². The summed E-state index contributed by atoms with van der Waals surface area (Å²) in [7, 11) is 0. The summed E-state index contributed by atoms with van der Waals surface area (Å²) in [4.78, 5) is 11.5. The van der Waals surface area contributed by atoms with Crippen LogP contribution in [0.3, 0.4) is 0 Å². The molecular formula is C14H19F2NO2. The number of nitrogens with one attached hydrogen (secondary N) is 1. The zero-order valence-electron chi connectivity index (χ0n) is 11.0. The molecule has 3 nitrogen and oxygen atoms in total. The first-order valence-electron chi connectivity index (χ1n) is 6.41. The number of benzene rings is 1. The minimum Gasteiger partial charge on any atom is -0.393 e. The lowest BCUT2D eigenvalue weighted by Gasteiger charge is -2.09. The first-order chi connectivity index (χ1) is 9.02. The van der Waals surface area contributed by atoms with Crippen molar-refractivity contribution in [1.82, 2.24) is 5.32 Å². The van der Waals surface area contributed by atoms with Crippen molar-refractivity contribution in [2.45, 2.75) is 38.7 Å². The molecule has 1 aromatic rings. The Balaban J connectivity index is 2.32. The summed E-state index contributed by atoms with van der Waals surface area (Å²) in [6.45, 7) is 2.25. The van der Waals surface area contributed by atoms with Crippen LogP contribution in [0.2, 0.25) is 0 Å². The summed E-state index contributed by atoms with van der Waals surface area (Å²) >= 11 is 0. The van der Waals surface area contributed by atoms with Gasteiger partial charge in [-0.15, -0.1) is 0 Å². The number of carbonyl (C=O) groups is 1. The van der Waals surface area contributed by atoms with Gasteiger partial charge < -0.3 is 10.4 Å². The van der Waals surface area contributed by atoms with Crippen LogP contribution in [0.5, 0.6) is 0 Å². The number of halogens is 2. The maximum atomic E-state index is 13.3. The zero-order valence-corrected chi connectivity index (χ0v) is 11.0. The van der Waals surface area contributed by atoms with E-state index in [4.69, 9.17) is 0 Å². The molecular weight excluding hydrogens is 252 g/mol. The van der Waals surface area contributed by atoms with Gasteiger partial charge in [0.15, 0.2) is 0 Å². The molecule has 1 aromatic carbocycles. The molecule has 0 fully saturated rings. The molecule has 0 aliphatic rings. The van der Waals surface area contributed by atoms with E-state index in [0.717, 1.165) is 18.2 Å². The molecule has 0 bridgehead atoms. The maximum absolute atomic E-state index is 13.3. The molecule has 2 N–H and O–H groups in total. The number of rotatable bonds is 7. The highest BCUT2D eigenvalue weighted by Crippen LogP contribution is 2.11. The smallest absolute Gasteiger partial charge is 0.220 e. The number of carbonyl (C=O) groups excluding carboxylic acids is 1. The van der Waals surface area contributed by atoms with Crippen LogP contribution in [-0.2, 0) is 11.2 Å². The third kappa shape index (κ3) is 5.79. The SMILES string of the molecule is CCC(O)CCNC(=O)CCc1cc(F)ccc1F. The number of amides is 1. The molecule has 0 aliphatic heterocycles. The van der Waals surface area contributed by atoms with Crippen LogP contribution in [0.25, 0.3) is 0 Å². The fraction of sp³-hybridized carbons (Fsp3) is 0.500. The molecule has 0 saturated heterocycles. The minimum absolute atomic E-state index is 0.0998. The predicted molar refractivity (Wildman–Crippen MR) is 68.6 cm³/mol. The van der Waals surface area contributed by atoms with Crippen molar-refractivity contribution in [1.29, 1.82) is 0 Å². The van der Waals surface area contributed by atoms with E-state index in [1.54, 1.807) is 0 Å². The second-order valence-electron chi connectivity index (χ2n) is 4.44. The van der Waals surface area contributed by atoms with E-state index in [1.807, 2.05) is 6.92 Å². The van der Waals surface area contributed by atoms with Crippen LogP contribution >= 0.6 is 0 Å². The van der Waals surface area contributed by atoms with Crippen molar-refractivity contribution < 1.29 is 18.7 Å². The van der Waals surface area contributed by atoms with Crippen molar-refractivity contribution in [3.8, 4) is 0 Å².